The lowest BCUT2D eigenvalue weighted by Gasteiger charge is -2.26. The lowest BCUT2D eigenvalue weighted by molar-refractivity contribution is 0.0139. The van der Waals surface area contributed by atoms with Crippen LogP contribution in [0.1, 0.15) is 44.7 Å². The van der Waals surface area contributed by atoms with Gasteiger partial charge in [0.15, 0.2) is 0 Å². The van der Waals surface area contributed by atoms with Crippen LogP contribution in [0.3, 0.4) is 0 Å². The molecule has 1 aliphatic rings. The van der Waals surface area contributed by atoms with Crippen molar-refractivity contribution in [3.63, 3.8) is 0 Å². The summed E-state index contributed by atoms with van der Waals surface area (Å²) in [6, 6.07) is 3.95. The van der Waals surface area contributed by atoms with Gasteiger partial charge in [0.25, 0.3) is 5.56 Å². The van der Waals surface area contributed by atoms with Crippen molar-refractivity contribution in [1.29, 1.82) is 0 Å². The Kier molecular flexibility index (Phi) is 8.61. The number of aryl methyl sites for hydroxylation is 1. The summed E-state index contributed by atoms with van der Waals surface area (Å²) in [4.78, 5) is 42.8. The molecular formula is C29H33FN6O7S. The van der Waals surface area contributed by atoms with Gasteiger partial charge in [0, 0.05) is 25.5 Å². The number of nitrogens with zero attached hydrogens (tertiary/aromatic N) is 6. The summed E-state index contributed by atoms with van der Waals surface area (Å²) in [5.74, 6) is -0.128. The van der Waals surface area contributed by atoms with E-state index in [0.29, 0.717) is 47.0 Å². The number of thiophene rings is 1. The van der Waals surface area contributed by atoms with Gasteiger partial charge < -0.3 is 18.9 Å². The number of benzene rings is 1. The molecule has 0 spiro atoms. The van der Waals surface area contributed by atoms with Crippen LogP contribution in [-0.2, 0) is 14.2 Å². The third kappa shape index (κ3) is 6.10. The van der Waals surface area contributed by atoms with Crippen LogP contribution in [0.15, 0.2) is 40.2 Å². The molecule has 13 nitrogen and oxygen atoms in total. The van der Waals surface area contributed by atoms with Gasteiger partial charge >= 0.3 is 11.8 Å². The summed E-state index contributed by atoms with van der Waals surface area (Å²) in [5.41, 5.74) is -1.80. The first-order valence-corrected chi connectivity index (χ1v) is 14.7. The molecule has 0 radical (unpaired) electrons. The van der Waals surface area contributed by atoms with E-state index in [0.717, 1.165) is 16.3 Å². The molecule has 3 aromatic heterocycles. The average molecular weight is 629 g/mol. The van der Waals surface area contributed by atoms with Gasteiger partial charge in [-0.2, -0.15) is 14.9 Å². The van der Waals surface area contributed by atoms with Crippen molar-refractivity contribution in [1.82, 2.24) is 24.2 Å². The zero-order valence-corrected chi connectivity index (χ0v) is 26.0. The quantitative estimate of drug-likeness (QED) is 0.280. The Morgan fingerprint density at radius 3 is 2.50 bits per heavy atom. The fourth-order valence-electron chi connectivity index (χ4n) is 4.72. The minimum absolute atomic E-state index is 0.117. The van der Waals surface area contributed by atoms with Crippen molar-refractivity contribution in [2.24, 2.45) is 0 Å². The molecule has 4 heterocycles. The molecule has 1 amide bonds. The van der Waals surface area contributed by atoms with E-state index < -0.39 is 28.8 Å². The van der Waals surface area contributed by atoms with Crippen LogP contribution in [0.5, 0.6) is 5.75 Å². The summed E-state index contributed by atoms with van der Waals surface area (Å²) < 4.78 is 39.3. The molecule has 15 heteroatoms. The first-order chi connectivity index (χ1) is 20.9. The van der Waals surface area contributed by atoms with Gasteiger partial charge in [-0.15, -0.1) is 4.80 Å². The number of carbonyl (C=O) groups excluding carboxylic acids is 1. The molecule has 0 N–H and O–H groups in total. The topological polar surface area (TPSA) is 132 Å². The highest BCUT2D eigenvalue weighted by atomic mass is 32.1. The molecular weight excluding hydrogens is 595 g/mol. The number of halogens is 1. The number of carbonyl (C=O) groups is 1. The van der Waals surface area contributed by atoms with Crippen LogP contribution >= 0.6 is 11.3 Å². The maximum atomic E-state index is 14.6. The zero-order chi connectivity index (χ0) is 31.8. The fraction of sp³-hybridized carbons (Fsp3) is 0.414. The summed E-state index contributed by atoms with van der Waals surface area (Å²) in [6.45, 7) is 7.65. The van der Waals surface area contributed by atoms with Crippen molar-refractivity contribution in [3.05, 3.63) is 68.4 Å². The third-order valence-electron chi connectivity index (χ3n) is 6.81. The van der Waals surface area contributed by atoms with Crippen LogP contribution in [0, 0.1) is 12.7 Å². The Balaban J connectivity index is 1.82. The average Bonchev–Trinajstić information content (AvgIpc) is 3.62. The SMILES string of the molecule is COc1ccc(F)cc1C(=Cn1c(=O)n(N(C)C(=O)OC(C)(C)C)c(=O)c2c(C)c(-n3nccn3)sc21)OC1CCOCC1. The Bertz CT molecular complexity index is 1830. The molecule has 1 saturated heterocycles. The lowest BCUT2D eigenvalue weighted by Crippen LogP contribution is -2.53. The molecule has 1 aliphatic heterocycles. The minimum atomic E-state index is -0.918. The van der Waals surface area contributed by atoms with Gasteiger partial charge in [-0.3, -0.25) is 9.36 Å². The van der Waals surface area contributed by atoms with E-state index in [2.05, 4.69) is 10.2 Å². The Morgan fingerprint density at radius 2 is 1.86 bits per heavy atom. The second-order valence-electron chi connectivity index (χ2n) is 11.1. The smallest absolute Gasteiger partial charge is 0.429 e. The number of hydrogen-bond acceptors (Lipinski definition) is 10. The summed E-state index contributed by atoms with van der Waals surface area (Å²) in [7, 11) is 2.71. The van der Waals surface area contributed by atoms with Gasteiger partial charge in [0.2, 0.25) is 0 Å². The highest BCUT2D eigenvalue weighted by molar-refractivity contribution is 7.21. The van der Waals surface area contributed by atoms with E-state index >= 15 is 0 Å². The summed E-state index contributed by atoms with van der Waals surface area (Å²) >= 11 is 1.10. The normalized spacial score (nSPS) is 14.6. The highest BCUT2D eigenvalue weighted by Gasteiger charge is 2.28. The lowest BCUT2D eigenvalue weighted by atomic mass is 10.1. The fourth-order valence-corrected chi connectivity index (χ4v) is 5.90. The number of ether oxygens (including phenoxy) is 4. The van der Waals surface area contributed by atoms with E-state index in [1.165, 1.54) is 60.3 Å². The monoisotopic (exact) mass is 628 g/mol. The summed E-state index contributed by atoms with van der Waals surface area (Å²) in [5, 5.41) is 9.84. The number of amides is 1. The number of rotatable bonds is 7. The predicted molar refractivity (Wildman–Crippen MR) is 162 cm³/mol. The van der Waals surface area contributed by atoms with Crippen molar-refractivity contribution in [2.45, 2.75) is 52.2 Å². The van der Waals surface area contributed by atoms with E-state index in [-0.39, 0.29) is 27.6 Å². The highest BCUT2D eigenvalue weighted by Crippen LogP contribution is 2.34. The van der Waals surface area contributed by atoms with Crippen LogP contribution in [0.25, 0.3) is 27.2 Å². The first-order valence-electron chi connectivity index (χ1n) is 13.8. The zero-order valence-electron chi connectivity index (χ0n) is 25.2. The van der Waals surface area contributed by atoms with Gasteiger partial charge in [-0.05, 0) is 45.9 Å². The predicted octanol–water partition coefficient (Wildman–Crippen LogP) is 3.92. The largest absolute Gasteiger partial charge is 0.496 e. The molecule has 0 saturated carbocycles. The first kappa shape index (κ1) is 30.9. The van der Waals surface area contributed by atoms with Crippen LogP contribution in [-0.4, -0.2) is 69.4 Å². The Morgan fingerprint density at radius 1 is 1.18 bits per heavy atom. The number of methoxy groups -OCH3 is 1. The van der Waals surface area contributed by atoms with Crippen LogP contribution in [0.4, 0.5) is 9.18 Å². The molecule has 0 unspecified atom stereocenters. The maximum Gasteiger partial charge on any atom is 0.429 e. The minimum Gasteiger partial charge on any atom is -0.496 e. The van der Waals surface area contributed by atoms with Crippen molar-refractivity contribution in [3.8, 4) is 10.8 Å². The standard InChI is InChI=1S/C29H33FN6O7S/c1-17-23-24(37)35(33(5)28(39)43-29(2,3)4)27(38)34(26(23)44-25(17)36-31-11-12-32-36)16-22(42-19-9-13-41-14-10-19)20-15-18(30)7-8-21(20)40-6/h7-8,11-12,15-16,19H,9-10,13-14H2,1-6H3. The molecule has 234 valence electrons. The Hall–Kier alpha value is -4.50. The molecule has 5 rings (SSSR count). The molecule has 1 fully saturated rings. The van der Waals surface area contributed by atoms with Gasteiger partial charge in [0.1, 0.15) is 38.9 Å². The second kappa shape index (κ2) is 12.2. The van der Waals surface area contributed by atoms with Gasteiger partial charge in [-0.1, -0.05) is 11.3 Å². The number of aromatic nitrogens is 5. The van der Waals surface area contributed by atoms with E-state index in [1.54, 1.807) is 27.7 Å². The molecule has 0 bridgehead atoms. The number of fused-ring (bicyclic) bond motifs is 1. The van der Waals surface area contributed by atoms with E-state index in [4.69, 9.17) is 18.9 Å². The van der Waals surface area contributed by atoms with Crippen molar-refractivity contribution >= 4 is 39.6 Å². The van der Waals surface area contributed by atoms with Crippen LogP contribution < -0.4 is 21.0 Å². The Labute approximate surface area is 255 Å². The molecule has 0 atom stereocenters. The second-order valence-corrected chi connectivity index (χ2v) is 12.0. The summed E-state index contributed by atoms with van der Waals surface area (Å²) in [6.07, 6.45) is 4.26. The third-order valence-corrected chi connectivity index (χ3v) is 8.07. The molecule has 44 heavy (non-hydrogen) atoms. The van der Waals surface area contributed by atoms with Crippen molar-refractivity contribution < 1.29 is 28.1 Å². The van der Waals surface area contributed by atoms with E-state index in [1.807, 2.05) is 0 Å². The molecule has 4 aromatic rings. The molecule has 0 aliphatic carbocycles. The number of hydrogen-bond donors (Lipinski definition) is 0. The van der Waals surface area contributed by atoms with Gasteiger partial charge in [-0.25, -0.2) is 19.0 Å². The maximum absolute atomic E-state index is 14.6. The van der Waals surface area contributed by atoms with Crippen molar-refractivity contribution in [2.75, 3.05) is 32.4 Å². The van der Waals surface area contributed by atoms with Gasteiger partial charge in [0.05, 0.1) is 49.9 Å². The molecule has 1 aromatic carbocycles. The van der Waals surface area contributed by atoms with E-state index in [9.17, 15) is 18.8 Å². The van der Waals surface area contributed by atoms with Crippen LogP contribution in [0.2, 0.25) is 0 Å².